The van der Waals surface area contributed by atoms with Crippen LogP contribution in [0.3, 0.4) is 0 Å². The number of rotatable bonds is 4. The van der Waals surface area contributed by atoms with Crippen LogP contribution in [0, 0.1) is 0 Å². The Morgan fingerprint density at radius 2 is 2.12 bits per heavy atom. The van der Waals surface area contributed by atoms with Gasteiger partial charge in [-0.3, -0.25) is 0 Å². The fourth-order valence-electron chi connectivity index (χ4n) is 1.05. The van der Waals surface area contributed by atoms with Crippen LogP contribution in [0.2, 0.25) is 5.02 Å². The molecule has 0 saturated heterocycles. The van der Waals surface area contributed by atoms with Gasteiger partial charge in [-0.25, -0.2) is 4.79 Å². The number of nitrogens with one attached hydrogen (secondary N) is 1. The quantitative estimate of drug-likeness (QED) is 0.625. The second-order valence-electron chi connectivity index (χ2n) is 2.98. The SMILES string of the molecule is CCOC(=O)C=C(N)Nc1ccc(Cl)cc1. The Balaban J connectivity index is 2.60. The van der Waals surface area contributed by atoms with Crippen LogP contribution in [-0.4, -0.2) is 12.6 Å². The zero-order valence-corrected chi connectivity index (χ0v) is 9.62. The van der Waals surface area contributed by atoms with Crippen molar-refractivity contribution in [2.75, 3.05) is 11.9 Å². The van der Waals surface area contributed by atoms with E-state index in [0.29, 0.717) is 11.6 Å². The molecule has 4 nitrogen and oxygen atoms in total. The van der Waals surface area contributed by atoms with E-state index in [1.807, 2.05) is 0 Å². The maximum Gasteiger partial charge on any atom is 0.334 e. The fourth-order valence-corrected chi connectivity index (χ4v) is 1.17. The van der Waals surface area contributed by atoms with E-state index in [4.69, 9.17) is 22.1 Å². The molecule has 5 heteroatoms. The summed E-state index contributed by atoms with van der Waals surface area (Å²) in [4.78, 5) is 11.1. The molecular formula is C11H13ClN2O2. The number of ether oxygens (including phenoxy) is 1. The Hall–Kier alpha value is -1.68. The molecule has 86 valence electrons. The molecule has 0 atom stereocenters. The Morgan fingerprint density at radius 1 is 1.50 bits per heavy atom. The van der Waals surface area contributed by atoms with Gasteiger partial charge < -0.3 is 15.8 Å². The van der Waals surface area contributed by atoms with Crippen LogP contribution in [0.4, 0.5) is 5.69 Å². The summed E-state index contributed by atoms with van der Waals surface area (Å²) in [5, 5.41) is 3.48. The van der Waals surface area contributed by atoms with Gasteiger partial charge in [-0.2, -0.15) is 0 Å². The largest absolute Gasteiger partial charge is 0.463 e. The van der Waals surface area contributed by atoms with Crippen LogP contribution in [0.15, 0.2) is 36.2 Å². The molecule has 3 N–H and O–H groups in total. The number of benzene rings is 1. The van der Waals surface area contributed by atoms with Gasteiger partial charge in [-0.1, -0.05) is 11.6 Å². The molecule has 0 radical (unpaired) electrons. The van der Waals surface area contributed by atoms with Crippen molar-refractivity contribution in [3.8, 4) is 0 Å². The van der Waals surface area contributed by atoms with E-state index in [-0.39, 0.29) is 5.82 Å². The van der Waals surface area contributed by atoms with Gasteiger partial charge in [-0.15, -0.1) is 0 Å². The molecule has 0 spiro atoms. The molecule has 1 rings (SSSR count). The van der Waals surface area contributed by atoms with Crippen LogP contribution in [0.1, 0.15) is 6.92 Å². The van der Waals surface area contributed by atoms with Crippen molar-refractivity contribution in [3.05, 3.63) is 41.2 Å². The van der Waals surface area contributed by atoms with Crippen LogP contribution >= 0.6 is 11.6 Å². The van der Waals surface area contributed by atoms with Gasteiger partial charge in [0.1, 0.15) is 5.82 Å². The lowest BCUT2D eigenvalue weighted by atomic mass is 10.3. The minimum absolute atomic E-state index is 0.223. The van der Waals surface area contributed by atoms with Crippen molar-refractivity contribution in [2.45, 2.75) is 6.92 Å². The standard InChI is InChI=1S/C11H13ClN2O2/c1-2-16-11(15)7-10(13)14-9-5-3-8(12)4-6-9/h3-7,14H,2,13H2,1H3. The summed E-state index contributed by atoms with van der Waals surface area (Å²) in [5.74, 6) is -0.248. The average molecular weight is 241 g/mol. The van der Waals surface area contributed by atoms with Crippen molar-refractivity contribution >= 4 is 23.3 Å². The summed E-state index contributed by atoms with van der Waals surface area (Å²) < 4.78 is 4.71. The first-order valence-electron chi connectivity index (χ1n) is 4.78. The first-order valence-corrected chi connectivity index (χ1v) is 5.16. The molecule has 0 fully saturated rings. The summed E-state index contributed by atoms with van der Waals surface area (Å²) in [5.41, 5.74) is 6.34. The van der Waals surface area contributed by atoms with E-state index in [0.717, 1.165) is 5.69 Å². The lowest BCUT2D eigenvalue weighted by molar-refractivity contribution is -0.137. The highest BCUT2D eigenvalue weighted by atomic mass is 35.5. The van der Waals surface area contributed by atoms with Gasteiger partial charge in [0.25, 0.3) is 0 Å². The highest BCUT2D eigenvalue weighted by Crippen LogP contribution is 2.13. The van der Waals surface area contributed by atoms with Crippen LogP contribution < -0.4 is 11.1 Å². The molecule has 0 saturated carbocycles. The maximum absolute atomic E-state index is 11.1. The number of anilines is 1. The molecular weight excluding hydrogens is 228 g/mol. The van der Waals surface area contributed by atoms with Crippen LogP contribution in [-0.2, 0) is 9.53 Å². The van der Waals surface area contributed by atoms with E-state index in [1.54, 1.807) is 31.2 Å². The number of nitrogens with two attached hydrogens (primary N) is 1. The predicted octanol–water partition coefficient (Wildman–Crippen LogP) is 2.12. The zero-order valence-electron chi connectivity index (χ0n) is 8.87. The highest BCUT2D eigenvalue weighted by Gasteiger charge is 1.99. The number of carbonyl (C=O) groups is 1. The van der Waals surface area contributed by atoms with E-state index in [1.165, 1.54) is 6.08 Å². The minimum Gasteiger partial charge on any atom is -0.463 e. The van der Waals surface area contributed by atoms with Gasteiger partial charge in [0.15, 0.2) is 0 Å². The summed E-state index contributed by atoms with van der Waals surface area (Å²) in [6.45, 7) is 2.05. The number of carbonyl (C=O) groups excluding carboxylic acids is 1. The van der Waals surface area contributed by atoms with Crippen molar-refractivity contribution in [1.29, 1.82) is 0 Å². The maximum atomic E-state index is 11.1. The molecule has 0 aromatic heterocycles. The highest BCUT2D eigenvalue weighted by molar-refractivity contribution is 6.30. The predicted molar refractivity (Wildman–Crippen MR) is 64.0 cm³/mol. The molecule has 1 aromatic rings. The third-order valence-electron chi connectivity index (χ3n) is 1.69. The Bertz CT molecular complexity index is 387. The monoisotopic (exact) mass is 240 g/mol. The molecule has 0 unspecified atom stereocenters. The lowest BCUT2D eigenvalue weighted by Crippen LogP contribution is -2.12. The molecule has 16 heavy (non-hydrogen) atoms. The molecule has 0 aliphatic rings. The second-order valence-corrected chi connectivity index (χ2v) is 3.42. The van der Waals surface area contributed by atoms with Gasteiger partial charge in [-0.05, 0) is 31.2 Å². The number of hydrogen-bond acceptors (Lipinski definition) is 4. The van der Waals surface area contributed by atoms with Crippen molar-refractivity contribution in [3.63, 3.8) is 0 Å². The Kier molecular flexibility index (Phi) is 4.66. The summed E-state index contributed by atoms with van der Waals surface area (Å²) in [6, 6.07) is 6.96. The smallest absolute Gasteiger partial charge is 0.334 e. The molecule has 0 bridgehead atoms. The first-order chi connectivity index (χ1) is 7.61. The summed E-state index contributed by atoms with van der Waals surface area (Å²) >= 11 is 5.73. The molecule has 0 aliphatic heterocycles. The third kappa shape index (κ3) is 4.23. The number of esters is 1. The Labute approximate surface area is 99.0 Å². The Morgan fingerprint density at radius 3 is 2.69 bits per heavy atom. The molecule has 0 heterocycles. The van der Waals surface area contributed by atoms with E-state index in [2.05, 4.69) is 5.32 Å². The molecule has 0 aliphatic carbocycles. The van der Waals surface area contributed by atoms with Gasteiger partial charge in [0.05, 0.1) is 12.7 Å². The minimum atomic E-state index is -0.471. The molecule has 1 aromatic carbocycles. The van der Waals surface area contributed by atoms with Crippen LogP contribution in [0.25, 0.3) is 0 Å². The zero-order chi connectivity index (χ0) is 12.0. The summed E-state index contributed by atoms with van der Waals surface area (Å²) in [6.07, 6.45) is 1.19. The van der Waals surface area contributed by atoms with Gasteiger partial charge in [0.2, 0.25) is 0 Å². The summed E-state index contributed by atoms with van der Waals surface area (Å²) in [7, 11) is 0. The normalized spacial score (nSPS) is 11.0. The molecule has 0 amide bonds. The van der Waals surface area contributed by atoms with Crippen molar-refractivity contribution in [2.24, 2.45) is 5.73 Å². The van der Waals surface area contributed by atoms with Crippen molar-refractivity contribution < 1.29 is 9.53 Å². The van der Waals surface area contributed by atoms with Crippen molar-refractivity contribution in [1.82, 2.24) is 0 Å². The van der Waals surface area contributed by atoms with E-state index in [9.17, 15) is 4.79 Å². The van der Waals surface area contributed by atoms with Gasteiger partial charge in [0, 0.05) is 10.7 Å². The van der Waals surface area contributed by atoms with E-state index >= 15 is 0 Å². The topological polar surface area (TPSA) is 64.3 Å². The number of halogens is 1. The third-order valence-corrected chi connectivity index (χ3v) is 1.94. The first kappa shape index (κ1) is 12.4. The average Bonchev–Trinajstić information content (AvgIpc) is 2.21. The van der Waals surface area contributed by atoms with Crippen LogP contribution in [0.5, 0.6) is 0 Å². The second kappa shape index (κ2) is 6.02. The number of hydrogen-bond donors (Lipinski definition) is 2. The lowest BCUT2D eigenvalue weighted by Gasteiger charge is -2.06. The van der Waals surface area contributed by atoms with Gasteiger partial charge >= 0.3 is 5.97 Å². The van der Waals surface area contributed by atoms with E-state index < -0.39 is 5.97 Å². The fraction of sp³-hybridized carbons (Fsp3) is 0.182.